The van der Waals surface area contributed by atoms with Gasteiger partial charge in [0, 0.05) is 11.8 Å². The van der Waals surface area contributed by atoms with Crippen molar-refractivity contribution in [2.24, 2.45) is 5.16 Å². The molecule has 0 fully saturated rings. The van der Waals surface area contributed by atoms with Gasteiger partial charge in [-0.15, -0.1) is 0 Å². The van der Waals surface area contributed by atoms with Crippen LogP contribution in [0.15, 0.2) is 47.6 Å². The van der Waals surface area contributed by atoms with Gasteiger partial charge in [-0.25, -0.2) is 0 Å². The fraction of sp³-hybridized carbons (Fsp3) is 0.222. The van der Waals surface area contributed by atoms with Crippen molar-refractivity contribution in [3.63, 3.8) is 0 Å². The number of oxime groups is 1. The molecular formula is C18H18N2O4. The van der Waals surface area contributed by atoms with Crippen molar-refractivity contribution >= 4 is 17.8 Å². The standard InChI is InChI=1S/C18H18N2O4/c1-2-13-3-5-14(6-4-13)10-19-24-11-18(21)20-15-7-8-16-17(9-15)23-12-22-16/h3-10H,2,11-12H2,1H3,(H,20,21)/b19-10-. The molecule has 0 atom stereocenters. The highest BCUT2D eigenvalue weighted by molar-refractivity contribution is 5.92. The van der Waals surface area contributed by atoms with Crippen LogP contribution in [0.5, 0.6) is 11.5 Å². The summed E-state index contributed by atoms with van der Waals surface area (Å²) in [5, 5.41) is 6.52. The Morgan fingerprint density at radius 1 is 1.21 bits per heavy atom. The first-order valence-electron chi connectivity index (χ1n) is 7.68. The molecule has 124 valence electrons. The zero-order valence-electron chi connectivity index (χ0n) is 13.3. The zero-order valence-corrected chi connectivity index (χ0v) is 13.3. The van der Waals surface area contributed by atoms with Gasteiger partial charge in [-0.2, -0.15) is 0 Å². The molecule has 24 heavy (non-hydrogen) atoms. The third kappa shape index (κ3) is 4.04. The highest BCUT2D eigenvalue weighted by Crippen LogP contribution is 2.34. The minimum Gasteiger partial charge on any atom is -0.454 e. The number of aryl methyl sites for hydroxylation is 1. The monoisotopic (exact) mass is 326 g/mol. The number of hydrogen-bond donors (Lipinski definition) is 1. The SMILES string of the molecule is CCc1ccc(/C=N\OCC(=O)Nc2ccc3c(c2)OCO3)cc1. The normalized spacial score (nSPS) is 12.4. The van der Waals surface area contributed by atoms with Gasteiger partial charge < -0.3 is 19.6 Å². The van der Waals surface area contributed by atoms with Gasteiger partial charge in [0.2, 0.25) is 6.79 Å². The number of hydrogen-bond acceptors (Lipinski definition) is 5. The Morgan fingerprint density at radius 2 is 2.00 bits per heavy atom. The molecule has 0 spiro atoms. The van der Waals surface area contributed by atoms with Crippen molar-refractivity contribution in [3.05, 3.63) is 53.6 Å². The maximum atomic E-state index is 11.8. The van der Waals surface area contributed by atoms with Crippen LogP contribution in [0.25, 0.3) is 0 Å². The number of nitrogens with zero attached hydrogens (tertiary/aromatic N) is 1. The molecule has 2 aromatic rings. The molecule has 0 unspecified atom stereocenters. The fourth-order valence-electron chi connectivity index (χ4n) is 2.20. The van der Waals surface area contributed by atoms with Crippen LogP contribution in [-0.4, -0.2) is 25.5 Å². The third-order valence-electron chi connectivity index (χ3n) is 3.52. The highest BCUT2D eigenvalue weighted by Gasteiger charge is 2.14. The average molecular weight is 326 g/mol. The number of amides is 1. The summed E-state index contributed by atoms with van der Waals surface area (Å²) in [7, 11) is 0. The summed E-state index contributed by atoms with van der Waals surface area (Å²) >= 11 is 0. The van der Waals surface area contributed by atoms with Gasteiger partial charge >= 0.3 is 0 Å². The van der Waals surface area contributed by atoms with Crippen molar-refractivity contribution in [1.29, 1.82) is 0 Å². The molecule has 0 saturated carbocycles. The predicted molar refractivity (Wildman–Crippen MR) is 90.6 cm³/mol. The van der Waals surface area contributed by atoms with Crippen molar-refractivity contribution in [1.82, 2.24) is 0 Å². The summed E-state index contributed by atoms with van der Waals surface area (Å²) in [6.07, 6.45) is 2.57. The van der Waals surface area contributed by atoms with Crippen LogP contribution >= 0.6 is 0 Å². The summed E-state index contributed by atoms with van der Waals surface area (Å²) in [6.45, 7) is 2.13. The van der Waals surface area contributed by atoms with Crippen LogP contribution in [0, 0.1) is 0 Å². The number of benzene rings is 2. The number of anilines is 1. The maximum Gasteiger partial charge on any atom is 0.265 e. The lowest BCUT2D eigenvalue weighted by Crippen LogP contribution is -2.16. The van der Waals surface area contributed by atoms with E-state index in [4.69, 9.17) is 14.3 Å². The second-order valence-electron chi connectivity index (χ2n) is 5.22. The molecule has 0 radical (unpaired) electrons. The number of ether oxygens (including phenoxy) is 2. The van der Waals surface area contributed by atoms with Crippen LogP contribution in [0.3, 0.4) is 0 Å². The molecule has 6 heteroatoms. The minimum absolute atomic E-state index is 0.169. The number of fused-ring (bicyclic) bond motifs is 1. The molecule has 1 heterocycles. The zero-order chi connectivity index (χ0) is 16.8. The maximum absolute atomic E-state index is 11.8. The number of carbonyl (C=O) groups is 1. The van der Waals surface area contributed by atoms with Gasteiger partial charge in [-0.05, 0) is 29.7 Å². The van der Waals surface area contributed by atoms with Crippen LogP contribution in [0.4, 0.5) is 5.69 Å². The molecule has 6 nitrogen and oxygen atoms in total. The van der Waals surface area contributed by atoms with Gasteiger partial charge in [-0.1, -0.05) is 36.3 Å². The molecule has 0 aromatic heterocycles. The van der Waals surface area contributed by atoms with E-state index in [1.54, 1.807) is 24.4 Å². The van der Waals surface area contributed by atoms with Crippen molar-refractivity contribution in [2.45, 2.75) is 13.3 Å². The summed E-state index contributed by atoms with van der Waals surface area (Å²) in [5.41, 5.74) is 2.80. The summed E-state index contributed by atoms with van der Waals surface area (Å²) < 4.78 is 10.5. The highest BCUT2D eigenvalue weighted by atomic mass is 16.7. The molecule has 3 rings (SSSR count). The molecule has 0 bridgehead atoms. The second-order valence-corrected chi connectivity index (χ2v) is 5.22. The van der Waals surface area contributed by atoms with Gasteiger partial charge in [0.15, 0.2) is 18.1 Å². The van der Waals surface area contributed by atoms with Gasteiger partial charge in [0.25, 0.3) is 5.91 Å². The van der Waals surface area contributed by atoms with Crippen LogP contribution < -0.4 is 14.8 Å². The predicted octanol–water partition coefficient (Wildman–Crippen LogP) is 2.97. The van der Waals surface area contributed by atoms with E-state index in [0.29, 0.717) is 17.2 Å². The number of carbonyl (C=O) groups excluding carboxylic acids is 1. The van der Waals surface area contributed by atoms with Gasteiger partial charge in [0.05, 0.1) is 6.21 Å². The smallest absolute Gasteiger partial charge is 0.265 e. The van der Waals surface area contributed by atoms with Gasteiger partial charge in [0.1, 0.15) is 0 Å². The number of rotatable bonds is 6. The first kappa shape index (κ1) is 15.9. The van der Waals surface area contributed by atoms with E-state index in [1.807, 2.05) is 24.3 Å². The van der Waals surface area contributed by atoms with Crippen LogP contribution in [0.2, 0.25) is 0 Å². The van der Waals surface area contributed by atoms with E-state index in [9.17, 15) is 4.79 Å². The molecule has 1 N–H and O–H groups in total. The Kier molecular flexibility index (Phi) is 4.96. The molecule has 0 aliphatic carbocycles. The summed E-state index contributed by atoms with van der Waals surface area (Å²) in [5.74, 6) is 0.984. The first-order valence-corrected chi connectivity index (χ1v) is 7.68. The Labute approximate surface area is 140 Å². The van der Waals surface area contributed by atoms with E-state index in [2.05, 4.69) is 17.4 Å². The van der Waals surface area contributed by atoms with E-state index >= 15 is 0 Å². The third-order valence-corrected chi connectivity index (χ3v) is 3.52. The second kappa shape index (κ2) is 7.50. The van der Waals surface area contributed by atoms with E-state index in [1.165, 1.54) is 5.56 Å². The van der Waals surface area contributed by atoms with Crippen molar-refractivity contribution < 1.29 is 19.1 Å². The minimum atomic E-state index is -0.299. The molecule has 2 aromatic carbocycles. The average Bonchev–Trinajstić information content (AvgIpc) is 3.07. The molecule has 1 aliphatic heterocycles. The van der Waals surface area contributed by atoms with E-state index < -0.39 is 0 Å². The summed E-state index contributed by atoms with van der Waals surface area (Å²) in [6, 6.07) is 13.2. The molecule has 1 amide bonds. The largest absolute Gasteiger partial charge is 0.454 e. The Morgan fingerprint density at radius 3 is 2.79 bits per heavy atom. The lowest BCUT2D eigenvalue weighted by Gasteiger charge is -2.05. The van der Waals surface area contributed by atoms with E-state index in [-0.39, 0.29) is 19.3 Å². The molecule has 1 aliphatic rings. The van der Waals surface area contributed by atoms with E-state index in [0.717, 1.165) is 12.0 Å². The molecular weight excluding hydrogens is 308 g/mol. The Bertz CT molecular complexity index is 741. The van der Waals surface area contributed by atoms with Crippen molar-refractivity contribution in [3.8, 4) is 11.5 Å². The lowest BCUT2D eigenvalue weighted by molar-refractivity contribution is -0.120. The quantitative estimate of drug-likeness (QED) is 0.654. The van der Waals surface area contributed by atoms with Crippen LogP contribution in [0.1, 0.15) is 18.1 Å². The van der Waals surface area contributed by atoms with Crippen LogP contribution in [-0.2, 0) is 16.1 Å². The Hall–Kier alpha value is -3.02. The molecule has 0 saturated heterocycles. The fourth-order valence-corrected chi connectivity index (χ4v) is 2.20. The first-order chi connectivity index (χ1) is 11.7. The Balaban J connectivity index is 1.46. The topological polar surface area (TPSA) is 69.2 Å². The summed E-state index contributed by atoms with van der Waals surface area (Å²) in [4.78, 5) is 16.8. The van der Waals surface area contributed by atoms with Gasteiger partial charge in [-0.3, -0.25) is 4.79 Å². The van der Waals surface area contributed by atoms with Crippen molar-refractivity contribution in [2.75, 3.05) is 18.7 Å². The number of nitrogens with one attached hydrogen (secondary N) is 1. The lowest BCUT2D eigenvalue weighted by atomic mass is 10.1.